The third kappa shape index (κ3) is 1.33. The van der Waals surface area contributed by atoms with Crippen LogP contribution in [0, 0.1) is 0 Å². The molecule has 0 bridgehead atoms. The van der Waals surface area contributed by atoms with Crippen LogP contribution in [0.3, 0.4) is 0 Å². The molecule has 2 aliphatic rings. The number of nitrogens with zero attached hydrogens (tertiary/aromatic N) is 4. The molecule has 1 spiro atoms. The van der Waals surface area contributed by atoms with E-state index in [0.717, 1.165) is 18.9 Å². The molecule has 1 aromatic heterocycles. The smallest absolute Gasteiger partial charge is 0.132 e. The molecule has 1 aromatic rings. The maximum atomic E-state index is 4.29. The summed E-state index contributed by atoms with van der Waals surface area (Å²) in [7, 11) is 0. The van der Waals surface area contributed by atoms with Crippen molar-refractivity contribution in [3.63, 3.8) is 0 Å². The average molecular weight is 218 g/mol. The summed E-state index contributed by atoms with van der Waals surface area (Å²) in [5.41, 5.74) is 0.457. The second-order valence-electron chi connectivity index (χ2n) is 5.19. The monoisotopic (exact) mass is 218 g/mol. The molecule has 86 valence electrons. The van der Waals surface area contributed by atoms with Gasteiger partial charge in [0.1, 0.15) is 12.1 Å². The van der Waals surface area contributed by atoms with Crippen molar-refractivity contribution >= 4 is 5.82 Å². The Hall–Kier alpha value is -1.16. The minimum atomic E-state index is 0.457. The van der Waals surface area contributed by atoms with E-state index < -0.39 is 0 Å². The molecule has 0 aliphatic carbocycles. The summed E-state index contributed by atoms with van der Waals surface area (Å²) >= 11 is 0. The Labute approximate surface area is 96.3 Å². The molecule has 3 heterocycles. The summed E-state index contributed by atoms with van der Waals surface area (Å²) in [6.45, 7) is 8.09. The number of rotatable bonds is 2. The summed E-state index contributed by atoms with van der Waals surface area (Å²) in [6, 6.07) is 2.66. The van der Waals surface area contributed by atoms with Gasteiger partial charge >= 0.3 is 0 Å². The van der Waals surface area contributed by atoms with E-state index in [1.165, 1.54) is 13.0 Å². The lowest BCUT2D eigenvalue weighted by Gasteiger charge is -2.64. The van der Waals surface area contributed by atoms with Crippen molar-refractivity contribution < 1.29 is 0 Å². The minimum absolute atomic E-state index is 0.457. The second kappa shape index (κ2) is 3.42. The van der Waals surface area contributed by atoms with Crippen molar-refractivity contribution in [1.82, 2.24) is 14.9 Å². The van der Waals surface area contributed by atoms with Crippen LogP contribution in [0.5, 0.6) is 0 Å². The van der Waals surface area contributed by atoms with E-state index >= 15 is 0 Å². The molecule has 2 fully saturated rings. The highest BCUT2D eigenvalue weighted by Gasteiger charge is 2.54. The Kier molecular flexibility index (Phi) is 2.14. The van der Waals surface area contributed by atoms with Crippen molar-refractivity contribution in [2.75, 3.05) is 24.5 Å². The molecule has 0 radical (unpaired) electrons. The van der Waals surface area contributed by atoms with Crippen molar-refractivity contribution in [2.24, 2.45) is 0 Å². The number of likely N-dealkylation sites (tertiary alicyclic amines) is 1. The first-order chi connectivity index (χ1) is 7.71. The van der Waals surface area contributed by atoms with Gasteiger partial charge in [0.05, 0.1) is 5.54 Å². The van der Waals surface area contributed by atoms with Gasteiger partial charge < -0.3 is 4.90 Å². The molecule has 2 aliphatic heterocycles. The largest absolute Gasteiger partial charge is 0.353 e. The van der Waals surface area contributed by atoms with Gasteiger partial charge in [-0.25, -0.2) is 9.97 Å². The van der Waals surface area contributed by atoms with E-state index in [2.05, 4.69) is 33.6 Å². The quantitative estimate of drug-likeness (QED) is 0.745. The highest BCUT2D eigenvalue weighted by atomic mass is 15.4. The Morgan fingerprint density at radius 1 is 1.38 bits per heavy atom. The number of hydrogen-bond acceptors (Lipinski definition) is 4. The van der Waals surface area contributed by atoms with Crippen LogP contribution in [0.4, 0.5) is 5.82 Å². The fourth-order valence-electron chi connectivity index (χ4n) is 3.00. The third-order valence-corrected chi connectivity index (χ3v) is 3.91. The van der Waals surface area contributed by atoms with Gasteiger partial charge in [-0.3, -0.25) is 4.90 Å². The molecule has 0 saturated carbocycles. The lowest BCUT2D eigenvalue weighted by atomic mass is 9.76. The van der Waals surface area contributed by atoms with Crippen LogP contribution in [0.25, 0.3) is 0 Å². The van der Waals surface area contributed by atoms with Gasteiger partial charge in [0, 0.05) is 31.9 Å². The highest BCUT2D eigenvalue weighted by Crippen LogP contribution is 2.41. The minimum Gasteiger partial charge on any atom is -0.353 e. The van der Waals surface area contributed by atoms with Crippen LogP contribution in [0.2, 0.25) is 0 Å². The zero-order valence-corrected chi connectivity index (χ0v) is 9.93. The molecular formula is C12H18N4. The van der Waals surface area contributed by atoms with Crippen LogP contribution in [-0.2, 0) is 0 Å². The molecule has 0 aromatic carbocycles. The lowest BCUT2D eigenvalue weighted by Crippen LogP contribution is -2.78. The van der Waals surface area contributed by atoms with Crippen molar-refractivity contribution in [1.29, 1.82) is 0 Å². The van der Waals surface area contributed by atoms with E-state index in [9.17, 15) is 0 Å². The van der Waals surface area contributed by atoms with Gasteiger partial charge in [0.25, 0.3) is 0 Å². The van der Waals surface area contributed by atoms with Crippen LogP contribution in [0.15, 0.2) is 18.6 Å². The first-order valence-electron chi connectivity index (χ1n) is 5.99. The number of anilines is 1. The Morgan fingerprint density at radius 3 is 2.69 bits per heavy atom. The van der Waals surface area contributed by atoms with E-state index in [4.69, 9.17) is 0 Å². The van der Waals surface area contributed by atoms with Crippen molar-refractivity contribution in [2.45, 2.75) is 31.8 Å². The predicted molar refractivity (Wildman–Crippen MR) is 63.4 cm³/mol. The molecule has 2 saturated heterocycles. The molecule has 4 heteroatoms. The highest BCUT2D eigenvalue weighted by molar-refractivity contribution is 5.44. The lowest BCUT2D eigenvalue weighted by molar-refractivity contribution is -0.0593. The Bertz CT molecular complexity index is 370. The van der Waals surface area contributed by atoms with E-state index in [1.54, 1.807) is 6.33 Å². The first-order valence-corrected chi connectivity index (χ1v) is 5.99. The van der Waals surface area contributed by atoms with Gasteiger partial charge in [0.15, 0.2) is 0 Å². The molecule has 0 atom stereocenters. The number of hydrogen-bond donors (Lipinski definition) is 0. The average Bonchev–Trinajstić information content (AvgIpc) is 2.14. The fraction of sp³-hybridized carbons (Fsp3) is 0.667. The summed E-state index contributed by atoms with van der Waals surface area (Å²) < 4.78 is 0. The van der Waals surface area contributed by atoms with Crippen molar-refractivity contribution in [3.8, 4) is 0 Å². The maximum Gasteiger partial charge on any atom is 0.132 e. The Balaban J connectivity index is 1.67. The summed E-state index contributed by atoms with van der Waals surface area (Å²) in [5, 5.41) is 0. The zero-order chi connectivity index (χ0) is 11.2. The van der Waals surface area contributed by atoms with E-state index in [1.807, 2.05) is 12.3 Å². The van der Waals surface area contributed by atoms with Gasteiger partial charge in [-0.05, 0) is 26.3 Å². The van der Waals surface area contributed by atoms with Gasteiger partial charge in [0.2, 0.25) is 0 Å². The molecule has 0 N–H and O–H groups in total. The zero-order valence-electron chi connectivity index (χ0n) is 9.93. The third-order valence-electron chi connectivity index (χ3n) is 3.91. The second-order valence-corrected chi connectivity index (χ2v) is 5.19. The first kappa shape index (κ1) is 10.0. The maximum absolute atomic E-state index is 4.29. The molecule has 16 heavy (non-hydrogen) atoms. The number of aromatic nitrogens is 2. The van der Waals surface area contributed by atoms with Gasteiger partial charge in [-0.15, -0.1) is 0 Å². The molecule has 3 rings (SSSR count). The van der Waals surface area contributed by atoms with Crippen molar-refractivity contribution in [3.05, 3.63) is 18.6 Å². The van der Waals surface area contributed by atoms with Crippen LogP contribution < -0.4 is 4.90 Å². The van der Waals surface area contributed by atoms with Crippen LogP contribution >= 0.6 is 0 Å². The standard InChI is InChI=1S/C12H18N4/c1-10(2)16-6-4-12(16)7-15(8-12)11-3-5-13-9-14-11/h3,5,9-10H,4,6-8H2,1-2H3. The van der Waals surface area contributed by atoms with E-state index in [-0.39, 0.29) is 0 Å². The van der Waals surface area contributed by atoms with E-state index in [0.29, 0.717) is 11.6 Å². The molecule has 4 nitrogen and oxygen atoms in total. The topological polar surface area (TPSA) is 32.3 Å². The molecule has 0 unspecified atom stereocenters. The normalized spacial score (nSPS) is 23.3. The summed E-state index contributed by atoms with van der Waals surface area (Å²) in [6.07, 6.45) is 4.78. The Morgan fingerprint density at radius 2 is 2.19 bits per heavy atom. The van der Waals surface area contributed by atoms with Gasteiger partial charge in [-0.1, -0.05) is 0 Å². The fourth-order valence-corrected chi connectivity index (χ4v) is 3.00. The van der Waals surface area contributed by atoms with Gasteiger partial charge in [-0.2, -0.15) is 0 Å². The summed E-state index contributed by atoms with van der Waals surface area (Å²) in [4.78, 5) is 13.2. The molecule has 0 amide bonds. The summed E-state index contributed by atoms with van der Waals surface area (Å²) in [5.74, 6) is 1.07. The predicted octanol–water partition coefficient (Wildman–Crippen LogP) is 1.15. The molecular weight excluding hydrogens is 200 g/mol. The SMILES string of the molecule is CC(C)N1CCC12CN(c1ccncn1)C2. The van der Waals surface area contributed by atoms with Crippen LogP contribution in [-0.4, -0.2) is 46.1 Å². The van der Waals surface area contributed by atoms with Crippen LogP contribution in [0.1, 0.15) is 20.3 Å².